The molecule has 2 heterocycles. The van der Waals surface area contributed by atoms with Crippen LogP contribution in [0.1, 0.15) is 44.9 Å². The molecule has 2 saturated heterocycles. The van der Waals surface area contributed by atoms with Crippen molar-refractivity contribution in [1.29, 1.82) is 0 Å². The monoisotopic (exact) mass is 300 g/mol. The van der Waals surface area contributed by atoms with Gasteiger partial charge < -0.3 is 10.2 Å². The van der Waals surface area contributed by atoms with Crippen molar-refractivity contribution in [2.75, 3.05) is 18.8 Å². The molecular weight excluding hydrogens is 276 g/mol. The van der Waals surface area contributed by atoms with Crippen molar-refractivity contribution in [1.82, 2.24) is 10.2 Å². The highest BCUT2D eigenvalue weighted by Crippen LogP contribution is 2.37. The minimum atomic E-state index is -2.96. The second-order valence-corrected chi connectivity index (χ2v) is 8.81. The van der Waals surface area contributed by atoms with Crippen molar-refractivity contribution in [2.45, 2.75) is 56.2 Å². The molecule has 3 rings (SSSR count). The Morgan fingerprint density at radius 1 is 1.10 bits per heavy atom. The third kappa shape index (κ3) is 2.67. The number of hydrogen-bond donors (Lipinski definition) is 1. The van der Waals surface area contributed by atoms with Gasteiger partial charge in [-0.15, -0.1) is 0 Å². The first-order chi connectivity index (χ1) is 9.58. The van der Waals surface area contributed by atoms with Crippen LogP contribution in [0.5, 0.6) is 0 Å². The Balaban J connectivity index is 1.53. The van der Waals surface area contributed by atoms with Gasteiger partial charge in [0.05, 0.1) is 11.0 Å². The first kappa shape index (κ1) is 14.2. The topological polar surface area (TPSA) is 66.5 Å². The van der Waals surface area contributed by atoms with Crippen molar-refractivity contribution in [2.24, 2.45) is 5.92 Å². The summed E-state index contributed by atoms with van der Waals surface area (Å²) in [6.45, 7) is 1.11. The molecule has 3 fully saturated rings. The lowest BCUT2D eigenvalue weighted by Crippen LogP contribution is -2.48. The Bertz CT molecular complexity index is 473. The zero-order valence-electron chi connectivity index (χ0n) is 11.9. The van der Waals surface area contributed by atoms with E-state index < -0.39 is 9.84 Å². The third-order valence-electron chi connectivity index (χ3n) is 5.20. The molecular formula is C14H24N2O3S. The summed E-state index contributed by atoms with van der Waals surface area (Å²) < 4.78 is 23.5. The van der Waals surface area contributed by atoms with E-state index in [1.165, 1.54) is 19.3 Å². The Labute approximate surface area is 121 Å². The van der Waals surface area contributed by atoms with Crippen molar-refractivity contribution in [3.63, 3.8) is 0 Å². The van der Waals surface area contributed by atoms with Crippen molar-refractivity contribution in [3.8, 4) is 0 Å². The Morgan fingerprint density at radius 3 is 2.50 bits per heavy atom. The van der Waals surface area contributed by atoms with Crippen LogP contribution in [-0.2, 0) is 9.84 Å². The van der Waals surface area contributed by atoms with E-state index >= 15 is 0 Å². The summed E-state index contributed by atoms with van der Waals surface area (Å²) in [5.41, 5.74) is 0. The lowest BCUT2D eigenvalue weighted by atomic mass is 9.79. The molecule has 1 saturated carbocycles. The van der Waals surface area contributed by atoms with Gasteiger partial charge in [0.25, 0.3) is 0 Å². The smallest absolute Gasteiger partial charge is 0.317 e. The summed E-state index contributed by atoms with van der Waals surface area (Å²) in [5, 5.41) is 2.50. The largest absolute Gasteiger partial charge is 0.337 e. The first-order valence-electron chi connectivity index (χ1n) is 7.84. The fourth-order valence-electron chi connectivity index (χ4n) is 3.75. The second kappa shape index (κ2) is 5.54. The number of rotatable bonds is 3. The molecule has 3 aliphatic rings. The number of sulfone groups is 1. The van der Waals surface area contributed by atoms with Crippen LogP contribution in [0.25, 0.3) is 0 Å². The molecule has 2 atom stereocenters. The number of carbonyl (C=O) groups excluding carboxylic acids is 1. The number of hydrogen-bond acceptors (Lipinski definition) is 3. The van der Waals surface area contributed by atoms with Crippen molar-refractivity contribution in [3.05, 3.63) is 0 Å². The lowest BCUT2D eigenvalue weighted by molar-refractivity contribution is 0.139. The number of carbonyl (C=O) groups is 1. The number of nitrogens with zero attached hydrogens (tertiary/aromatic N) is 1. The summed E-state index contributed by atoms with van der Waals surface area (Å²) in [5.74, 6) is 0.959. The van der Waals surface area contributed by atoms with Gasteiger partial charge >= 0.3 is 6.03 Å². The molecule has 0 aromatic carbocycles. The molecule has 5 nitrogen and oxygen atoms in total. The highest BCUT2D eigenvalue weighted by Gasteiger charge is 2.38. The van der Waals surface area contributed by atoms with E-state index in [9.17, 15) is 13.2 Å². The predicted octanol–water partition coefficient (Wildman–Crippen LogP) is 1.54. The van der Waals surface area contributed by atoms with E-state index in [-0.39, 0.29) is 23.6 Å². The Hall–Kier alpha value is -0.780. The molecule has 114 valence electrons. The molecule has 0 unspecified atom stereocenters. The van der Waals surface area contributed by atoms with Crippen LogP contribution < -0.4 is 5.32 Å². The molecule has 1 aliphatic carbocycles. The molecule has 20 heavy (non-hydrogen) atoms. The molecule has 6 heteroatoms. The maximum absolute atomic E-state index is 12.3. The summed E-state index contributed by atoms with van der Waals surface area (Å²) >= 11 is 0. The van der Waals surface area contributed by atoms with E-state index in [0.29, 0.717) is 18.4 Å². The quantitative estimate of drug-likeness (QED) is 0.859. The summed E-state index contributed by atoms with van der Waals surface area (Å²) in [6, 6.07) is 0.338. The van der Waals surface area contributed by atoms with Crippen LogP contribution >= 0.6 is 0 Å². The molecule has 0 spiro atoms. The third-order valence-corrected chi connectivity index (χ3v) is 7.47. The van der Waals surface area contributed by atoms with Gasteiger partial charge in [0.2, 0.25) is 0 Å². The summed E-state index contributed by atoms with van der Waals surface area (Å²) in [6.07, 6.45) is 7.38. The number of likely N-dealkylation sites (tertiary alicyclic amines) is 1. The van der Waals surface area contributed by atoms with E-state index in [0.717, 1.165) is 25.8 Å². The van der Waals surface area contributed by atoms with Crippen LogP contribution in [0, 0.1) is 5.92 Å². The second-order valence-electron chi connectivity index (χ2n) is 6.41. The SMILES string of the molecule is O=C(NC[C@@H]1CCCS1(=O)=O)N1CCC[C@@H]1C1CCC1. The van der Waals surface area contributed by atoms with Crippen LogP contribution in [0.2, 0.25) is 0 Å². The van der Waals surface area contributed by atoms with E-state index in [2.05, 4.69) is 5.32 Å². The van der Waals surface area contributed by atoms with E-state index in [4.69, 9.17) is 0 Å². The first-order valence-corrected chi connectivity index (χ1v) is 9.55. The maximum Gasteiger partial charge on any atom is 0.317 e. The van der Waals surface area contributed by atoms with Gasteiger partial charge in [-0.05, 0) is 44.4 Å². The Morgan fingerprint density at radius 2 is 1.90 bits per heavy atom. The zero-order valence-corrected chi connectivity index (χ0v) is 12.7. The van der Waals surface area contributed by atoms with Crippen molar-refractivity contribution >= 4 is 15.9 Å². The fraction of sp³-hybridized carbons (Fsp3) is 0.929. The fourth-order valence-corrected chi connectivity index (χ4v) is 5.51. The highest BCUT2D eigenvalue weighted by atomic mass is 32.2. The van der Waals surface area contributed by atoms with Crippen molar-refractivity contribution < 1.29 is 13.2 Å². The normalized spacial score (nSPS) is 33.1. The number of nitrogens with one attached hydrogen (secondary N) is 1. The van der Waals surface area contributed by atoms with Gasteiger partial charge in [0.15, 0.2) is 9.84 Å². The van der Waals surface area contributed by atoms with Gasteiger partial charge in [-0.25, -0.2) is 13.2 Å². The lowest BCUT2D eigenvalue weighted by Gasteiger charge is -2.37. The van der Waals surface area contributed by atoms with Crippen LogP contribution in [0.4, 0.5) is 4.79 Å². The molecule has 2 aliphatic heterocycles. The van der Waals surface area contributed by atoms with Crippen LogP contribution in [0.3, 0.4) is 0 Å². The summed E-state index contributed by atoms with van der Waals surface area (Å²) in [4.78, 5) is 14.2. The van der Waals surface area contributed by atoms with Crippen LogP contribution in [-0.4, -0.2) is 49.5 Å². The minimum absolute atomic E-state index is 0.0542. The average molecular weight is 300 g/mol. The molecule has 2 amide bonds. The summed E-state index contributed by atoms with van der Waals surface area (Å²) in [7, 11) is -2.96. The van der Waals surface area contributed by atoms with Gasteiger partial charge in [-0.2, -0.15) is 0 Å². The van der Waals surface area contributed by atoms with Crippen LogP contribution in [0.15, 0.2) is 0 Å². The molecule has 1 N–H and O–H groups in total. The van der Waals surface area contributed by atoms with Gasteiger partial charge in [-0.1, -0.05) is 6.42 Å². The molecule has 0 radical (unpaired) electrons. The molecule has 0 bridgehead atoms. The minimum Gasteiger partial charge on any atom is -0.337 e. The molecule has 0 aromatic rings. The van der Waals surface area contributed by atoms with Gasteiger partial charge in [0, 0.05) is 19.1 Å². The molecule has 0 aromatic heterocycles. The average Bonchev–Trinajstić information content (AvgIpc) is 2.91. The predicted molar refractivity (Wildman–Crippen MR) is 77.3 cm³/mol. The standard InChI is InChI=1S/C14H24N2O3S/c17-14(15-10-12-6-3-9-20(12,18)19)16-8-2-7-13(16)11-4-1-5-11/h11-13H,1-10H2,(H,15,17)/t12-,13+/m0/s1. The Kier molecular flexibility index (Phi) is 3.93. The number of amides is 2. The highest BCUT2D eigenvalue weighted by molar-refractivity contribution is 7.92. The van der Waals surface area contributed by atoms with E-state index in [1.807, 2.05) is 4.90 Å². The maximum atomic E-state index is 12.3. The number of urea groups is 1. The van der Waals surface area contributed by atoms with Gasteiger partial charge in [0.1, 0.15) is 0 Å². The van der Waals surface area contributed by atoms with Gasteiger partial charge in [-0.3, -0.25) is 0 Å². The van der Waals surface area contributed by atoms with E-state index in [1.54, 1.807) is 0 Å². The zero-order chi connectivity index (χ0) is 14.2.